The topological polar surface area (TPSA) is 38.0 Å². The maximum atomic E-state index is 13.3. The molecule has 0 spiro atoms. The zero-order valence-corrected chi connectivity index (χ0v) is 13.1. The summed E-state index contributed by atoms with van der Waals surface area (Å²) >= 11 is 9.52. The van der Waals surface area contributed by atoms with Gasteiger partial charge in [-0.25, -0.2) is 4.39 Å². The molecule has 0 aromatic heterocycles. The van der Waals surface area contributed by atoms with Crippen LogP contribution in [0, 0.1) is 5.82 Å². The van der Waals surface area contributed by atoms with Gasteiger partial charge in [0.2, 0.25) is 0 Å². The van der Waals surface area contributed by atoms with Crippen LogP contribution in [0.4, 0.5) is 4.39 Å². The van der Waals surface area contributed by atoms with Crippen LogP contribution in [0.25, 0.3) is 0 Å². The highest BCUT2D eigenvalue weighted by Gasteiger charge is 2.12. The fraction of sp³-hybridized carbons (Fsp3) is 0.200. The first kappa shape index (κ1) is 15.4. The molecular formula is C15H15BrClFN2. The summed E-state index contributed by atoms with van der Waals surface area (Å²) in [4.78, 5) is 0. The van der Waals surface area contributed by atoms with E-state index in [4.69, 9.17) is 17.4 Å². The van der Waals surface area contributed by atoms with Crippen LogP contribution in [0.15, 0.2) is 46.9 Å². The van der Waals surface area contributed by atoms with E-state index in [1.54, 1.807) is 6.07 Å². The average Bonchev–Trinajstić information content (AvgIpc) is 2.42. The van der Waals surface area contributed by atoms with Gasteiger partial charge in [0, 0.05) is 15.5 Å². The van der Waals surface area contributed by atoms with E-state index in [1.807, 2.05) is 24.3 Å². The molecule has 2 aromatic rings. The van der Waals surface area contributed by atoms with E-state index in [0.717, 1.165) is 22.0 Å². The van der Waals surface area contributed by atoms with Crippen LogP contribution < -0.4 is 11.3 Å². The summed E-state index contributed by atoms with van der Waals surface area (Å²) in [5.41, 5.74) is 4.67. The summed E-state index contributed by atoms with van der Waals surface area (Å²) in [5, 5.41) is 0.556. The Balaban J connectivity index is 2.11. The molecule has 2 nitrogen and oxygen atoms in total. The normalized spacial score (nSPS) is 12.4. The maximum Gasteiger partial charge on any atom is 0.123 e. The number of hydrogen-bond acceptors (Lipinski definition) is 2. The summed E-state index contributed by atoms with van der Waals surface area (Å²) in [6, 6.07) is 12.4. The molecule has 0 heterocycles. The van der Waals surface area contributed by atoms with Gasteiger partial charge in [0.05, 0.1) is 0 Å². The van der Waals surface area contributed by atoms with Gasteiger partial charge >= 0.3 is 0 Å². The van der Waals surface area contributed by atoms with E-state index in [9.17, 15) is 4.39 Å². The first-order valence-electron chi connectivity index (χ1n) is 6.23. The number of nitrogens with one attached hydrogen (secondary N) is 1. The third-order valence-corrected chi connectivity index (χ3v) is 3.94. The molecule has 0 amide bonds. The first-order chi connectivity index (χ1) is 9.58. The van der Waals surface area contributed by atoms with Gasteiger partial charge in [0.15, 0.2) is 0 Å². The van der Waals surface area contributed by atoms with Crippen molar-refractivity contribution in [1.82, 2.24) is 5.43 Å². The summed E-state index contributed by atoms with van der Waals surface area (Å²) in [6.45, 7) is 0. The molecule has 5 heteroatoms. The van der Waals surface area contributed by atoms with Gasteiger partial charge in [-0.2, -0.15) is 0 Å². The first-order valence-corrected chi connectivity index (χ1v) is 7.40. The molecular weight excluding hydrogens is 343 g/mol. The largest absolute Gasteiger partial charge is 0.271 e. The molecule has 2 rings (SSSR count). The standard InChI is InChI=1S/C15H15BrClFN2/c16-12-3-1-2-10(6-12)7-14(20-19)9-11-8-13(18)4-5-15(11)17/h1-6,8,14,20H,7,9,19H2. The SMILES string of the molecule is NNC(Cc1cccc(Br)c1)Cc1cc(F)ccc1Cl. The Morgan fingerprint density at radius 1 is 1.20 bits per heavy atom. The van der Waals surface area contributed by atoms with Gasteiger partial charge < -0.3 is 0 Å². The van der Waals surface area contributed by atoms with Crippen LogP contribution in [0.5, 0.6) is 0 Å². The van der Waals surface area contributed by atoms with Crippen molar-refractivity contribution in [3.05, 3.63) is 68.9 Å². The summed E-state index contributed by atoms with van der Waals surface area (Å²) in [5.74, 6) is 5.31. The van der Waals surface area contributed by atoms with Crippen molar-refractivity contribution in [2.24, 2.45) is 5.84 Å². The number of rotatable bonds is 5. The minimum Gasteiger partial charge on any atom is -0.271 e. The second-order valence-corrected chi connectivity index (χ2v) is 5.96. The summed E-state index contributed by atoms with van der Waals surface area (Å²) in [6.07, 6.45) is 1.31. The lowest BCUT2D eigenvalue weighted by Gasteiger charge is -2.17. The lowest BCUT2D eigenvalue weighted by molar-refractivity contribution is 0.520. The summed E-state index contributed by atoms with van der Waals surface area (Å²) < 4.78 is 14.3. The van der Waals surface area contributed by atoms with Gasteiger partial charge in [0.1, 0.15) is 5.82 Å². The van der Waals surface area contributed by atoms with E-state index in [2.05, 4.69) is 21.4 Å². The quantitative estimate of drug-likeness (QED) is 0.630. The Hall–Kier alpha value is -0.940. The van der Waals surface area contributed by atoms with Crippen LogP contribution in [0.1, 0.15) is 11.1 Å². The summed E-state index contributed by atoms with van der Waals surface area (Å²) in [7, 11) is 0. The van der Waals surface area contributed by atoms with E-state index in [1.165, 1.54) is 12.1 Å². The van der Waals surface area contributed by atoms with E-state index in [0.29, 0.717) is 11.4 Å². The lowest BCUT2D eigenvalue weighted by atomic mass is 9.99. The highest BCUT2D eigenvalue weighted by Crippen LogP contribution is 2.20. The minimum atomic E-state index is -0.289. The molecule has 0 saturated carbocycles. The third-order valence-electron chi connectivity index (χ3n) is 3.08. The highest BCUT2D eigenvalue weighted by molar-refractivity contribution is 9.10. The van der Waals surface area contributed by atoms with Crippen molar-refractivity contribution in [3.8, 4) is 0 Å². The Morgan fingerprint density at radius 2 is 2.00 bits per heavy atom. The second-order valence-electron chi connectivity index (χ2n) is 4.64. The molecule has 0 aliphatic carbocycles. The van der Waals surface area contributed by atoms with Crippen molar-refractivity contribution in [3.63, 3.8) is 0 Å². The smallest absolute Gasteiger partial charge is 0.123 e. The Morgan fingerprint density at radius 3 is 2.70 bits per heavy atom. The van der Waals surface area contributed by atoms with Crippen molar-refractivity contribution in [2.45, 2.75) is 18.9 Å². The lowest BCUT2D eigenvalue weighted by Crippen LogP contribution is -2.38. The van der Waals surface area contributed by atoms with E-state index >= 15 is 0 Å². The Labute approximate surface area is 131 Å². The van der Waals surface area contributed by atoms with Gasteiger partial charge in [-0.1, -0.05) is 39.7 Å². The van der Waals surface area contributed by atoms with Crippen molar-refractivity contribution >= 4 is 27.5 Å². The number of halogens is 3. The highest BCUT2D eigenvalue weighted by atomic mass is 79.9. The fourth-order valence-electron chi connectivity index (χ4n) is 2.10. The fourth-order valence-corrected chi connectivity index (χ4v) is 2.75. The van der Waals surface area contributed by atoms with Crippen molar-refractivity contribution in [2.75, 3.05) is 0 Å². The molecule has 106 valence electrons. The zero-order chi connectivity index (χ0) is 14.5. The van der Waals surface area contributed by atoms with Crippen LogP contribution in [0.3, 0.4) is 0 Å². The molecule has 0 aliphatic heterocycles. The number of nitrogens with two attached hydrogens (primary N) is 1. The predicted molar refractivity (Wildman–Crippen MR) is 84.1 cm³/mol. The number of benzene rings is 2. The number of hydrazine groups is 1. The Kier molecular flexibility index (Phi) is 5.54. The number of hydrogen-bond donors (Lipinski definition) is 2. The molecule has 20 heavy (non-hydrogen) atoms. The van der Waals surface area contributed by atoms with Crippen LogP contribution in [-0.2, 0) is 12.8 Å². The zero-order valence-electron chi connectivity index (χ0n) is 10.7. The van der Waals surface area contributed by atoms with Crippen molar-refractivity contribution in [1.29, 1.82) is 0 Å². The van der Waals surface area contributed by atoms with Crippen molar-refractivity contribution < 1.29 is 4.39 Å². The molecule has 0 bridgehead atoms. The van der Waals surface area contributed by atoms with Gasteiger partial charge in [-0.3, -0.25) is 11.3 Å². The second kappa shape index (κ2) is 7.18. The molecule has 3 N–H and O–H groups in total. The molecule has 1 unspecified atom stereocenters. The average molecular weight is 358 g/mol. The van der Waals surface area contributed by atoms with Crippen LogP contribution >= 0.6 is 27.5 Å². The van der Waals surface area contributed by atoms with Gasteiger partial charge in [-0.15, -0.1) is 0 Å². The molecule has 0 fully saturated rings. The molecule has 2 aromatic carbocycles. The molecule has 0 aliphatic rings. The maximum absolute atomic E-state index is 13.3. The minimum absolute atomic E-state index is 0.0106. The Bertz CT molecular complexity index is 592. The third kappa shape index (κ3) is 4.28. The van der Waals surface area contributed by atoms with Crippen LogP contribution in [-0.4, -0.2) is 6.04 Å². The molecule has 1 atom stereocenters. The van der Waals surface area contributed by atoms with Crippen LogP contribution in [0.2, 0.25) is 5.02 Å². The molecule has 0 saturated heterocycles. The van der Waals surface area contributed by atoms with E-state index in [-0.39, 0.29) is 11.9 Å². The van der Waals surface area contributed by atoms with Gasteiger partial charge in [0.25, 0.3) is 0 Å². The molecule has 0 radical (unpaired) electrons. The van der Waals surface area contributed by atoms with Gasteiger partial charge in [-0.05, 0) is 54.3 Å². The monoisotopic (exact) mass is 356 g/mol. The van der Waals surface area contributed by atoms with E-state index < -0.39 is 0 Å². The predicted octanol–water partition coefficient (Wildman–Crippen LogP) is 3.86.